The fourth-order valence-corrected chi connectivity index (χ4v) is 5.66. The maximum Gasteiger partial charge on any atom is 0.317 e. The lowest BCUT2D eigenvalue weighted by Gasteiger charge is -2.13. The van der Waals surface area contributed by atoms with Crippen molar-refractivity contribution in [2.75, 3.05) is 11.5 Å². The Kier molecular flexibility index (Phi) is 12.3. The molecular weight excluding hydrogens is 536 g/mol. The zero-order chi connectivity index (χ0) is 28.2. The van der Waals surface area contributed by atoms with E-state index in [1.807, 2.05) is 0 Å². The number of phenols is 2. The Hall–Kier alpha value is -3.38. The molecule has 6 N–H and O–H groups in total. The average Bonchev–Trinajstić information content (AvgIpc) is 2.84. The van der Waals surface area contributed by atoms with Crippen molar-refractivity contribution in [1.82, 2.24) is 0 Å². The third kappa shape index (κ3) is 10.2. The quantitative estimate of drug-likeness (QED) is 0.151. The maximum absolute atomic E-state index is 11.2. The fourth-order valence-electron chi connectivity index (χ4n) is 3.66. The van der Waals surface area contributed by atoms with E-state index in [1.165, 1.54) is 12.1 Å². The number of phenolic OH excluding ortho intramolecular Hbond substituents is 2. The van der Waals surface area contributed by atoms with E-state index in [0.29, 0.717) is 48.3 Å². The van der Waals surface area contributed by atoms with Crippen LogP contribution in [0.1, 0.15) is 36.8 Å². The number of carboxylic acids is 4. The summed E-state index contributed by atoms with van der Waals surface area (Å²) in [4.78, 5) is 44.0. The predicted molar refractivity (Wildman–Crippen MR) is 144 cm³/mol. The van der Waals surface area contributed by atoms with Gasteiger partial charge in [0.25, 0.3) is 0 Å². The van der Waals surface area contributed by atoms with Gasteiger partial charge in [-0.2, -0.15) is 0 Å². The van der Waals surface area contributed by atoms with E-state index < -0.39 is 47.2 Å². The highest BCUT2D eigenvalue weighted by atomic mass is 32.2. The number of carbonyl (C=O) groups is 4. The van der Waals surface area contributed by atoms with E-state index in [0.717, 1.165) is 34.7 Å². The van der Waals surface area contributed by atoms with Gasteiger partial charge < -0.3 is 30.6 Å². The number of thioether (sulfide) groups is 2. The van der Waals surface area contributed by atoms with Gasteiger partial charge in [-0.1, -0.05) is 12.1 Å². The maximum atomic E-state index is 11.2. The Balaban J connectivity index is 2.01. The molecule has 2 atom stereocenters. The summed E-state index contributed by atoms with van der Waals surface area (Å²) < 4.78 is 0. The molecule has 0 saturated heterocycles. The van der Waals surface area contributed by atoms with Gasteiger partial charge >= 0.3 is 23.9 Å². The van der Waals surface area contributed by atoms with Crippen molar-refractivity contribution < 1.29 is 49.8 Å². The first-order chi connectivity index (χ1) is 18.0. The van der Waals surface area contributed by atoms with Crippen LogP contribution in [-0.2, 0) is 32.0 Å². The summed E-state index contributed by atoms with van der Waals surface area (Å²) in [5, 5.41) is 54.8. The first-order valence-corrected chi connectivity index (χ1v) is 13.8. The Labute approximate surface area is 227 Å². The van der Waals surface area contributed by atoms with E-state index in [9.17, 15) is 29.4 Å². The molecule has 0 heterocycles. The molecule has 0 fully saturated rings. The highest BCUT2D eigenvalue weighted by Gasteiger charge is 2.22. The molecule has 0 amide bonds. The SMILES string of the molecule is O=C(O)CC(SCCCc1ccc(O)c(-c2cc(CCCSC(CC(=O)O)C(=O)O)ccc2O)c1)C(=O)O. The van der Waals surface area contributed by atoms with Crippen LogP contribution in [0, 0.1) is 0 Å². The van der Waals surface area contributed by atoms with Gasteiger partial charge in [0.05, 0.1) is 12.8 Å². The number of aromatic hydroxyl groups is 2. The van der Waals surface area contributed by atoms with Crippen molar-refractivity contribution in [3.05, 3.63) is 47.5 Å². The molecule has 2 rings (SSSR count). The van der Waals surface area contributed by atoms with Crippen molar-refractivity contribution >= 4 is 47.4 Å². The number of hydrogen-bond acceptors (Lipinski definition) is 8. The largest absolute Gasteiger partial charge is 0.507 e. The van der Waals surface area contributed by atoms with Crippen molar-refractivity contribution in [3.63, 3.8) is 0 Å². The van der Waals surface area contributed by atoms with Gasteiger partial charge in [0.15, 0.2) is 0 Å². The second-order valence-electron chi connectivity index (χ2n) is 8.50. The number of aryl methyl sites for hydroxylation is 2. The van der Waals surface area contributed by atoms with Crippen LogP contribution in [0.15, 0.2) is 36.4 Å². The van der Waals surface area contributed by atoms with Crippen LogP contribution in [0.4, 0.5) is 0 Å². The van der Waals surface area contributed by atoms with Gasteiger partial charge in [0, 0.05) is 11.1 Å². The van der Waals surface area contributed by atoms with Crippen LogP contribution in [-0.4, -0.2) is 76.5 Å². The Morgan fingerprint density at radius 1 is 0.632 bits per heavy atom. The van der Waals surface area contributed by atoms with Crippen LogP contribution in [0.5, 0.6) is 11.5 Å². The molecule has 206 valence electrons. The molecule has 0 aromatic heterocycles. The summed E-state index contributed by atoms with van der Waals surface area (Å²) in [7, 11) is 0. The van der Waals surface area contributed by atoms with Crippen LogP contribution >= 0.6 is 23.5 Å². The number of hydrogen-bond donors (Lipinski definition) is 6. The minimum absolute atomic E-state index is 0.0310. The lowest BCUT2D eigenvalue weighted by Crippen LogP contribution is -2.20. The van der Waals surface area contributed by atoms with Crippen molar-refractivity contribution in [2.45, 2.75) is 49.0 Å². The molecule has 0 bridgehead atoms. The predicted octanol–water partition coefficient (Wildman–Crippen LogP) is 3.95. The first-order valence-electron chi connectivity index (χ1n) is 11.7. The van der Waals surface area contributed by atoms with E-state index in [-0.39, 0.29) is 11.5 Å². The normalized spacial score (nSPS) is 12.5. The summed E-state index contributed by atoms with van der Waals surface area (Å²) in [6.45, 7) is 0. The van der Waals surface area contributed by atoms with Gasteiger partial charge in [-0.05, 0) is 72.6 Å². The van der Waals surface area contributed by atoms with Crippen molar-refractivity contribution in [3.8, 4) is 22.6 Å². The fraction of sp³-hybridized carbons (Fsp3) is 0.385. The molecule has 0 aliphatic heterocycles. The summed E-state index contributed by atoms with van der Waals surface area (Å²) in [6, 6.07) is 9.96. The molecule has 0 aliphatic rings. The molecule has 2 unspecified atom stereocenters. The standard InChI is InChI=1S/C26H30O10S2/c27-19-7-5-15(3-1-9-37-21(25(33)34)13-23(29)30)11-17(19)18-12-16(6-8-20(18)28)4-2-10-38-22(26(35)36)14-24(31)32/h5-8,11-12,21-22,27-28H,1-4,9-10,13-14H2,(H,29,30)(H,31,32)(H,33,34)(H,35,36). The molecule has 0 saturated carbocycles. The van der Waals surface area contributed by atoms with Gasteiger partial charge in [-0.15, -0.1) is 23.5 Å². The zero-order valence-corrected chi connectivity index (χ0v) is 22.0. The molecular formula is C26H30O10S2. The molecule has 2 aromatic carbocycles. The van der Waals surface area contributed by atoms with E-state index in [4.69, 9.17) is 20.4 Å². The Morgan fingerprint density at radius 2 is 1.00 bits per heavy atom. The Morgan fingerprint density at radius 3 is 1.32 bits per heavy atom. The molecule has 38 heavy (non-hydrogen) atoms. The molecule has 0 spiro atoms. The highest BCUT2D eigenvalue weighted by molar-refractivity contribution is 8.00. The number of rotatable bonds is 17. The van der Waals surface area contributed by atoms with Gasteiger partial charge in [0.2, 0.25) is 0 Å². The summed E-state index contributed by atoms with van der Waals surface area (Å²) in [5.41, 5.74) is 2.54. The molecule has 0 radical (unpaired) electrons. The molecule has 0 aliphatic carbocycles. The third-order valence-electron chi connectivity index (χ3n) is 5.54. The zero-order valence-electron chi connectivity index (χ0n) is 20.4. The van der Waals surface area contributed by atoms with Crippen LogP contribution in [0.3, 0.4) is 0 Å². The average molecular weight is 567 g/mol. The first kappa shape index (κ1) is 30.8. The molecule has 12 heteroatoms. The highest BCUT2D eigenvalue weighted by Crippen LogP contribution is 2.37. The second kappa shape index (κ2) is 15.1. The van der Waals surface area contributed by atoms with Crippen LogP contribution in [0.2, 0.25) is 0 Å². The van der Waals surface area contributed by atoms with Crippen LogP contribution in [0.25, 0.3) is 11.1 Å². The van der Waals surface area contributed by atoms with Gasteiger partial charge in [-0.3, -0.25) is 19.2 Å². The summed E-state index contributed by atoms with van der Waals surface area (Å²) in [5.74, 6) is -3.86. The minimum atomic E-state index is -1.17. The number of benzene rings is 2. The van der Waals surface area contributed by atoms with Crippen molar-refractivity contribution in [2.24, 2.45) is 0 Å². The second-order valence-corrected chi connectivity index (χ2v) is 11.1. The number of carboxylic acid groups (broad SMARTS) is 4. The smallest absolute Gasteiger partial charge is 0.317 e. The topological polar surface area (TPSA) is 190 Å². The lowest BCUT2D eigenvalue weighted by molar-refractivity contribution is -0.142. The van der Waals surface area contributed by atoms with E-state index in [1.54, 1.807) is 24.3 Å². The lowest BCUT2D eigenvalue weighted by atomic mass is 9.96. The summed E-state index contributed by atoms with van der Waals surface area (Å²) >= 11 is 2.14. The van der Waals surface area contributed by atoms with Gasteiger partial charge in [0.1, 0.15) is 22.0 Å². The summed E-state index contributed by atoms with van der Waals surface area (Å²) in [6.07, 6.45) is 1.36. The van der Waals surface area contributed by atoms with Crippen molar-refractivity contribution in [1.29, 1.82) is 0 Å². The molecule has 10 nitrogen and oxygen atoms in total. The van der Waals surface area contributed by atoms with Gasteiger partial charge in [-0.25, -0.2) is 0 Å². The van der Waals surface area contributed by atoms with Crippen LogP contribution < -0.4 is 0 Å². The van der Waals surface area contributed by atoms with E-state index in [2.05, 4.69) is 0 Å². The Bertz CT molecular complexity index is 1060. The molecule has 2 aromatic rings. The number of aliphatic carboxylic acids is 4. The monoisotopic (exact) mass is 566 g/mol. The minimum Gasteiger partial charge on any atom is -0.507 e. The van der Waals surface area contributed by atoms with E-state index >= 15 is 0 Å². The third-order valence-corrected chi connectivity index (χ3v) is 8.13.